The number of aromatic nitrogens is 4. The number of amides is 1. The number of anilines is 4. The number of alkyl carbamates (subject to hydrolysis) is 1. The molecule has 0 saturated carbocycles. The summed E-state index contributed by atoms with van der Waals surface area (Å²) in [5, 5.41) is 32.2. The molecule has 2 atom stereocenters. The molecule has 0 bridgehead atoms. The summed E-state index contributed by atoms with van der Waals surface area (Å²) in [5.74, 6) is 0.427. The minimum absolute atomic E-state index is 0.0598. The maximum Gasteiger partial charge on any atom is 0.469 e. The van der Waals surface area contributed by atoms with Crippen LogP contribution in [-0.2, 0) is 13.8 Å². The Morgan fingerprint density at radius 1 is 1.32 bits per heavy atom. The second-order valence-corrected chi connectivity index (χ2v) is 10.1. The molecule has 1 aliphatic heterocycles. The van der Waals surface area contributed by atoms with E-state index in [1.54, 1.807) is 4.90 Å². The molecule has 4 rings (SSSR count). The van der Waals surface area contributed by atoms with Gasteiger partial charge in [0.15, 0.2) is 17.2 Å². The molecule has 1 aromatic carbocycles. The third-order valence-electron chi connectivity index (χ3n) is 5.91. The number of phosphoric ester groups is 1. The van der Waals surface area contributed by atoms with Crippen LogP contribution in [0.25, 0.3) is 5.65 Å². The molecule has 40 heavy (non-hydrogen) atoms. The van der Waals surface area contributed by atoms with Crippen molar-refractivity contribution >= 4 is 54.3 Å². The van der Waals surface area contributed by atoms with Crippen LogP contribution in [0, 0.1) is 22.7 Å². The van der Waals surface area contributed by atoms with Crippen molar-refractivity contribution in [1.82, 2.24) is 24.9 Å². The second kappa shape index (κ2) is 11.9. The number of piperidine rings is 1. The van der Waals surface area contributed by atoms with E-state index >= 15 is 0 Å². The van der Waals surface area contributed by atoms with E-state index in [1.165, 1.54) is 30.0 Å². The lowest BCUT2D eigenvalue weighted by molar-refractivity contribution is 0.0874. The number of nitrogens with zero attached hydrogens (tertiary/aromatic N) is 7. The summed E-state index contributed by atoms with van der Waals surface area (Å²) < 4.78 is 22.5. The zero-order valence-corrected chi connectivity index (χ0v) is 22.8. The van der Waals surface area contributed by atoms with E-state index in [-0.39, 0.29) is 47.4 Å². The summed E-state index contributed by atoms with van der Waals surface area (Å²) in [5.41, 5.74) is 1.38. The first kappa shape index (κ1) is 28.8. The predicted octanol–water partition coefficient (Wildman–Crippen LogP) is 2.11. The number of carbonyl (C=O) groups excluding carboxylic acids is 1. The third kappa shape index (κ3) is 6.34. The Hall–Kier alpha value is -4.18. The number of nitriles is 2. The smallest absolute Gasteiger partial charge is 0.453 e. The number of imidazole rings is 1. The molecule has 18 heteroatoms. The number of nitrogens with one attached hydrogen (secondary N) is 3. The molecule has 1 fully saturated rings. The van der Waals surface area contributed by atoms with Gasteiger partial charge in [-0.3, -0.25) is 4.52 Å². The zero-order chi connectivity index (χ0) is 29.0. The van der Waals surface area contributed by atoms with Gasteiger partial charge in [-0.1, -0.05) is 11.6 Å². The molecule has 3 aromatic rings. The van der Waals surface area contributed by atoms with Crippen LogP contribution in [0.5, 0.6) is 0 Å². The van der Waals surface area contributed by atoms with Gasteiger partial charge in [-0.2, -0.15) is 20.0 Å². The van der Waals surface area contributed by atoms with Gasteiger partial charge in [-0.25, -0.2) is 14.3 Å². The van der Waals surface area contributed by atoms with E-state index in [1.807, 2.05) is 13.0 Å². The lowest BCUT2D eigenvalue weighted by atomic mass is 10.0. The second-order valence-electron chi connectivity index (χ2n) is 8.51. The van der Waals surface area contributed by atoms with E-state index in [4.69, 9.17) is 16.1 Å². The maximum absolute atomic E-state index is 11.8. The number of hydrogen-bond acceptors (Lipinski definition) is 12. The van der Waals surface area contributed by atoms with Gasteiger partial charge in [0.05, 0.1) is 47.4 Å². The largest absolute Gasteiger partial charge is 0.469 e. The van der Waals surface area contributed by atoms with E-state index in [0.29, 0.717) is 23.7 Å². The van der Waals surface area contributed by atoms with Crippen LogP contribution in [0.4, 0.5) is 27.9 Å². The molecular formula is C22H24ClN10O6P. The zero-order valence-electron chi connectivity index (χ0n) is 21.2. The SMILES string of the molecule is CCNc1nc(Nc2cc(C#N)cc(N3CCC(NC(=O)OC)C(OP(=O)(O)O)C3)c2Cl)nn2c(C#N)cnc12. The number of benzene rings is 1. The Morgan fingerprint density at radius 3 is 2.75 bits per heavy atom. The first-order valence-electron chi connectivity index (χ1n) is 11.8. The summed E-state index contributed by atoms with van der Waals surface area (Å²) >= 11 is 6.76. The van der Waals surface area contributed by atoms with Crippen molar-refractivity contribution in [2.75, 3.05) is 42.3 Å². The van der Waals surface area contributed by atoms with Crippen molar-refractivity contribution in [3.05, 3.63) is 34.6 Å². The predicted molar refractivity (Wildman–Crippen MR) is 142 cm³/mol. The van der Waals surface area contributed by atoms with E-state index < -0.39 is 26.1 Å². The van der Waals surface area contributed by atoms with Crippen LogP contribution in [0.2, 0.25) is 5.02 Å². The topological polar surface area (TPSA) is 223 Å². The number of halogens is 1. The minimum Gasteiger partial charge on any atom is -0.453 e. The highest BCUT2D eigenvalue weighted by atomic mass is 35.5. The lowest BCUT2D eigenvalue weighted by Gasteiger charge is -2.39. The number of hydrogen-bond donors (Lipinski definition) is 5. The Bertz CT molecular complexity index is 1560. The highest BCUT2D eigenvalue weighted by Crippen LogP contribution is 2.42. The molecular weight excluding hydrogens is 567 g/mol. The summed E-state index contributed by atoms with van der Waals surface area (Å²) in [6.07, 6.45) is -0.324. The van der Waals surface area contributed by atoms with Crippen LogP contribution in [0.15, 0.2) is 18.3 Å². The lowest BCUT2D eigenvalue weighted by Crippen LogP contribution is -2.55. The molecule has 2 aromatic heterocycles. The third-order valence-corrected chi connectivity index (χ3v) is 6.85. The molecule has 0 radical (unpaired) electrons. The summed E-state index contributed by atoms with van der Waals surface area (Å²) in [6, 6.07) is 6.32. The number of phosphoric acid groups is 1. The van der Waals surface area contributed by atoms with Crippen LogP contribution in [-0.4, -0.2) is 74.4 Å². The summed E-state index contributed by atoms with van der Waals surface area (Å²) in [6.45, 7) is 2.60. The van der Waals surface area contributed by atoms with Gasteiger partial charge in [-0.05, 0) is 25.5 Å². The number of carbonyl (C=O) groups is 1. The molecule has 1 amide bonds. The van der Waals surface area contributed by atoms with Crippen LogP contribution in [0.3, 0.4) is 0 Å². The quantitative estimate of drug-likeness (QED) is 0.237. The summed E-state index contributed by atoms with van der Waals surface area (Å²) in [4.78, 5) is 40.9. The van der Waals surface area contributed by atoms with Gasteiger partial charge in [0, 0.05) is 19.6 Å². The Morgan fingerprint density at radius 2 is 2.10 bits per heavy atom. The van der Waals surface area contributed by atoms with Gasteiger partial charge in [-0.15, -0.1) is 5.10 Å². The minimum atomic E-state index is -4.93. The molecule has 210 valence electrons. The Balaban J connectivity index is 1.69. The number of fused-ring (bicyclic) bond motifs is 1. The first-order valence-corrected chi connectivity index (χ1v) is 13.7. The number of rotatable bonds is 8. The number of ether oxygens (including phenoxy) is 1. The fourth-order valence-electron chi connectivity index (χ4n) is 4.21. The van der Waals surface area contributed by atoms with Crippen molar-refractivity contribution < 1.29 is 28.4 Å². The molecule has 0 aliphatic carbocycles. The highest BCUT2D eigenvalue weighted by Gasteiger charge is 2.37. The van der Waals surface area contributed by atoms with E-state index in [2.05, 4.69) is 41.8 Å². The van der Waals surface area contributed by atoms with E-state index in [9.17, 15) is 29.7 Å². The number of methoxy groups -OCH3 is 1. The summed E-state index contributed by atoms with van der Waals surface area (Å²) in [7, 11) is -3.76. The fraction of sp³-hybridized carbons (Fsp3) is 0.364. The van der Waals surface area contributed by atoms with Crippen molar-refractivity contribution in [2.45, 2.75) is 25.5 Å². The standard InChI is InChI=1S/C22H24ClN10O6P/c1-3-26-19-20-27-10-13(9-25)33(20)31-21(30-19)28-15-6-12(8-24)7-16(18(15)23)32-5-4-14(29-22(34)38-2)17(11-32)39-40(35,36)37/h6-7,10,14,17H,3-5,11H2,1-2H3,(H,29,34)(H2,35,36,37)(H2,26,28,30,31). The molecule has 1 aliphatic rings. The van der Waals surface area contributed by atoms with Crippen LogP contribution < -0.4 is 20.9 Å². The van der Waals surface area contributed by atoms with Gasteiger partial charge in [0.25, 0.3) is 0 Å². The van der Waals surface area contributed by atoms with Crippen LogP contribution in [0.1, 0.15) is 24.6 Å². The van der Waals surface area contributed by atoms with Gasteiger partial charge >= 0.3 is 13.9 Å². The monoisotopic (exact) mass is 590 g/mol. The molecule has 3 heterocycles. The molecule has 5 N–H and O–H groups in total. The van der Waals surface area contributed by atoms with Crippen LogP contribution >= 0.6 is 19.4 Å². The maximum atomic E-state index is 11.8. The normalized spacial score (nSPS) is 17.1. The van der Waals surface area contributed by atoms with Crippen molar-refractivity contribution in [2.24, 2.45) is 0 Å². The first-order chi connectivity index (χ1) is 19.1. The Labute approximate surface area is 232 Å². The molecule has 0 spiro atoms. The van der Waals surface area contributed by atoms with Crippen molar-refractivity contribution in [3.8, 4) is 12.1 Å². The average Bonchev–Trinajstić information content (AvgIpc) is 3.33. The van der Waals surface area contributed by atoms with Gasteiger partial charge in [0.2, 0.25) is 5.95 Å². The molecule has 2 unspecified atom stereocenters. The van der Waals surface area contributed by atoms with Gasteiger partial charge < -0.3 is 35.4 Å². The molecule has 16 nitrogen and oxygen atoms in total. The van der Waals surface area contributed by atoms with Gasteiger partial charge in [0.1, 0.15) is 12.2 Å². The van der Waals surface area contributed by atoms with E-state index in [0.717, 1.165) is 0 Å². The fourth-order valence-corrected chi connectivity index (χ4v) is 5.05. The molecule has 1 saturated heterocycles. The van der Waals surface area contributed by atoms with Crippen molar-refractivity contribution in [3.63, 3.8) is 0 Å². The Kier molecular flexibility index (Phi) is 8.58. The van der Waals surface area contributed by atoms with Crippen molar-refractivity contribution in [1.29, 1.82) is 10.5 Å². The highest BCUT2D eigenvalue weighted by molar-refractivity contribution is 7.46. The average molecular weight is 591 g/mol.